The molecule has 4 aromatic rings. The normalized spacial score (nSPS) is 11.7. The van der Waals surface area contributed by atoms with Crippen molar-refractivity contribution in [3.8, 4) is 22.9 Å². The Morgan fingerprint density at radius 1 is 0.968 bits per heavy atom. The molecule has 0 fully saturated rings. The van der Waals surface area contributed by atoms with Crippen molar-refractivity contribution >= 4 is 23.4 Å². The van der Waals surface area contributed by atoms with Crippen LogP contribution in [0.4, 0.5) is 5.69 Å². The van der Waals surface area contributed by atoms with Crippen molar-refractivity contribution in [3.05, 3.63) is 79.1 Å². The quantitative estimate of drug-likeness (QED) is 0.424. The second-order valence-electron chi connectivity index (χ2n) is 6.79. The lowest BCUT2D eigenvalue weighted by Gasteiger charge is -2.12. The number of nitrogens with one attached hydrogen (secondary N) is 1. The van der Waals surface area contributed by atoms with Gasteiger partial charge in [0.15, 0.2) is 11.0 Å². The van der Waals surface area contributed by atoms with Gasteiger partial charge in [0.2, 0.25) is 5.91 Å². The molecule has 31 heavy (non-hydrogen) atoms. The lowest BCUT2D eigenvalue weighted by molar-refractivity contribution is -0.115. The van der Waals surface area contributed by atoms with Crippen LogP contribution in [0.25, 0.3) is 11.4 Å². The summed E-state index contributed by atoms with van der Waals surface area (Å²) in [6.07, 6.45) is 3.42. The molecule has 4 rings (SSSR count). The number of hydrogen-bond acceptors (Lipinski definition) is 6. The molecule has 8 heteroatoms. The van der Waals surface area contributed by atoms with E-state index in [1.807, 2.05) is 85.3 Å². The third kappa shape index (κ3) is 5.10. The summed E-state index contributed by atoms with van der Waals surface area (Å²) in [6.45, 7) is 1.84. The Morgan fingerprint density at radius 2 is 1.65 bits per heavy atom. The Morgan fingerprint density at radius 3 is 2.35 bits per heavy atom. The second-order valence-corrected chi connectivity index (χ2v) is 8.10. The first kappa shape index (κ1) is 20.6. The van der Waals surface area contributed by atoms with Crippen LogP contribution in [0.1, 0.15) is 6.92 Å². The summed E-state index contributed by atoms with van der Waals surface area (Å²) < 4.78 is 7.65. The van der Waals surface area contributed by atoms with Crippen molar-refractivity contribution in [2.75, 3.05) is 5.32 Å². The molecule has 2 aromatic heterocycles. The minimum atomic E-state index is -0.353. The summed E-state index contributed by atoms with van der Waals surface area (Å²) in [5.41, 5.74) is 1.63. The number of aromatic nitrogens is 4. The smallest absolute Gasteiger partial charge is 0.237 e. The molecule has 0 aliphatic heterocycles. The minimum Gasteiger partial charge on any atom is -0.457 e. The van der Waals surface area contributed by atoms with Gasteiger partial charge in [0, 0.05) is 30.7 Å². The molecule has 0 bridgehead atoms. The summed E-state index contributed by atoms with van der Waals surface area (Å²) >= 11 is 1.35. The van der Waals surface area contributed by atoms with Crippen molar-refractivity contribution < 1.29 is 9.53 Å². The lowest BCUT2D eigenvalue weighted by atomic mass is 10.2. The number of benzene rings is 2. The maximum atomic E-state index is 12.7. The Kier molecular flexibility index (Phi) is 6.28. The monoisotopic (exact) mass is 431 g/mol. The number of anilines is 1. The number of ether oxygens (including phenoxy) is 1. The Labute approximate surface area is 184 Å². The molecule has 156 valence electrons. The van der Waals surface area contributed by atoms with Gasteiger partial charge in [-0.05, 0) is 55.5 Å². The van der Waals surface area contributed by atoms with Crippen LogP contribution in [0, 0.1) is 0 Å². The number of amides is 1. The van der Waals surface area contributed by atoms with Crippen molar-refractivity contribution in [2.45, 2.75) is 17.3 Å². The van der Waals surface area contributed by atoms with E-state index in [1.54, 1.807) is 12.4 Å². The van der Waals surface area contributed by atoms with Crippen LogP contribution in [0.15, 0.2) is 84.3 Å². The van der Waals surface area contributed by atoms with Crippen molar-refractivity contribution in [3.63, 3.8) is 0 Å². The van der Waals surface area contributed by atoms with E-state index in [9.17, 15) is 4.79 Å². The van der Waals surface area contributed by atoms with E-state index in [0.717, 1.165) is 17.1 Å². The van der Waals surface area contributed by atoms with Crippen LogP contribution in [0.2, 0.25) is 0 Å². The van der Waals surface area contributed by atoms with Crippen LogP contribution >= 0.6 is 11.8 Å². The van der Waals surface area contributed by atoms with Gasteiger partial charge in [-0.15, -0.1) is 10.2 Å². The highest BCUT2D eigenvalue weighted by Gasteiger charge is 2.19. The molecule has 2 heterocycles. The molecule has 0 aliphatic rings. The third-order valence-corrected chi connectivity index (χ3v) is 5.66. The zero-order valence-corrected chi connectivity index (χ0v) is 17.9. The molecule has 7 nitrogen and oxygen atoms in total. The van der Waals surface area contributed by atoms with Gasteiger partial charge < -0.3 is 14.6 Å². The Bertz CT molecular complexity index is 1150. The third-order valence-electron chi connectivity index (χ3n) is 4.53. The number of hydrogen-bond donors (Lipinski definition) is 1. The van der Waals surface area contributed by atoms with Gasteiger partial charge in [-0.25, -0.2) is 0 Å². The standard InChI is InChI=1S/C23H21N5O2S/c1-16(31-23-27-26-21(28(23)2)17-12-14-24-15-13-17)22(29)25-18-8-10-20(11-9-18)30-19-6-4-3-5-7-19/h3-16H,1-2H3,(H,25,29)/t16-/m1/s1. The van der Waals surface area contributed by atoms with E-state index in [2.05, 4.69) is 20.5 Å². The average molecular weight is 432 g/mol. The molecular weight excluding hydrogens is 410 g/mol. The highest BCUT2D eigenvalue weighted by atomic mass is 32.2. The molecule has 1 amide bonds. The topological polar surface area (TPSA) is 81.9 Å². The number of nitrogens with zero attached hydrogens (tertiary/aromatic N) is 4. The van der Waals surface area contributed by atoms with Gasteiger partial charge in [0.25, 0.3) is 0 Å². The highest BCUT2D eigenvalue weighted by Crippen LogP contribution is 2.27. The van der Waals surface area contributed by atoms with Crippen LogP contribution in [-0.4, -0.2) is 30.9 Å². The summed E-state index contributed by atoms with van der Waals surface area (Å²) in [5, 5.41) is 11.7. The predicted octanol–water partition coefficient (Wildman–Crippen LogP) is 4.79. The minimum absolute atomic E-state index is 0.116. The number of carbonyl (C=O) groups is 1. The van der Waals surface area contributed by atoms with E-state index in [0.29, 0.717) is 16.6 Å². The molecule has 1 N–H and O–H groups in total. The average Bonchev–Trinajstić information content (AvgIpc) is 3.16. The van der Waals surface area contributed by atoms with Gasteiger partial charge in [0.1, 0.15) is 11.5 Å². The maximum absolute atomic E-state index is 12.7. The number of carbonyl (C=O) groups excluding carboxylic acids is 1. The van der Waals surface area contributed by atoms with E-state index in [1.165, 1.54) is 11.8 Å². The Hall–Kier alpha value is -3.65. The van der Waals surface area contributed by atoms with Gasteiger partial charge in [0.05, 0.1) is 5.25 Å². The summed E-state index contributed by atoms with van der Waals surface area (Å²) in [4.78, 5) is 16.7. The van der Waals surface area contributed by atoms with Gasteiger partial charge in [-0.3, -0.25) is 9.78 Å². The number of thioether (sulfide) groups is 1. The van der Waals surface area contributed by atoms with Crippen molar-refractivity contribution in [1.29, 1.82) is 0 Å². The molecule has 0 radical (unpaired) electrons. The molecule has 0 saturated heterocycles. The summed E-state index contributed by atoms with van der Waals surface area (Å²) in [6, 6.07) is 20.6. The number of pyridine rings is 1. The van der Waals surface area contributed by atoms with Crippen LogP contribution in [0.5, 0.6) is 11.5 Å². The fourth-order valence-electron chi connectivity index (χ4n) is 2.86. The predicted molar refractivity (Wildman–Crippen MR) is 121 cm³/mol. The number of para-hydroxylation sites is 1. The van der Waals surface area contributed by atoms with Crippen molar-refractivity contribution in [2.24, 2.45) is 7.05 Å². The summed E-state index contributed by atoms with van der Waals surface area (Å²) in [7, 11) is 1.88. The molecule has 0 unspecified atom stereocenters. The van der Waals surface area contributed by atoms with Crippen molar-refractivity contribution in [1.82, 2.24) is 19.7 Å². The van der Waals surface area contributed by atoms with Gasteiger partial charge >= 0.3 is 0 Å². The second kappa shape index (κ2) is 9.44. The van der Waals surface area contributed by atoms with Crippen LogP contribution in [-0.2, 0) is 11.8 Å². The maximum Gasteiger partial charge on any atom is 0.237 e. The van der Waals surface area contributed by atoms with Gasteiger partial charge in [-0.1, -0.05) is 30.0 Å². The molecule has 0 saturated carbocycles. The van der Waals surface area contributed by atoms with E-state index in [-0.39, 0.29) is 11.2 Å². The molecular formula is C23H21N5O2S. The van der Waals surface area contributed by atoms with Gasteiger partial charge in [-0.2, -0.15) is 0 Å². The molecule has 0 aliphatic carbocycles. The zero-order chi connectivity index (χ0) is 21.6. The fraction of sp³-hybridized carbons (Fsp3) is 0.130. The largest absolute Gasteiger partial charge is 0.457 e. The first-order chi connectivity index (χ1) is 15.1. The van der Waals surface area contributed by atoms with Crippen LogP contribution in [0.3, 0.4) is 0 Å². The number of rotatable bonds is 7. The highest BCUT2D eigenvalue weighted by molar-refractivity contribution is 8.00. The van der Waals surface area contributed by atoms with E-state index in [4.69, 9.17) is 4.74 Å². The van der Waals surface area contributed by atoms with Crippen LogP contribution < -0.4 is 10.1 Å². The first-order valence-electron chi connectivity index (χ1n) is 9.70. The van der Waals surface area contributed by atoms with E-state index < -0.39 is 0 Å². The first-order valence-corrected chi connectivity index (χ1v) is 10.6. The SMILES string of the molecule is C[C@@H](Sc1nnc(-c2ccncc2)n1C)C(=O)Nc1ccc(Oc2ccccc2)cc1. The molecule has 2 aromatic carbocycles. The molecule has 0 spiro atoms. The van der Waals surface area contributed by atoms with E-state index >= 15 is 0 Å². The molecule has 1 atom stereocenters. The lowest BCUT2D eigenvalue weighted by Crippen LogP contribution is -2.22. The summed E-state index contributed by atoms with van der Waals surface area (Å²) in [5.74, 6) is 2.08. The Balaban J connectivity index is 1.36. The zero-order valence-electron chi connectivity index (χ0n) is 17.1. The fourth-order valence-corrected chi connectivity index (χ4v) is 3.67.